The Morgan fingerprint density at radius 2 is 1.46 bits per heavy atom. The molecule has 2 N–H and O–H groups in total. The Morgan fingerprint density at radius 1 is 0.917 bits per heavy atom. The summed E-state index contributed by atoms with van der Waals surface area (Å²) in [7, 11) is -6.34. The van der Waals surface area contributed by atoms with Gasteiger partial charge in [0, 0.05) is 0 Å². The minimum atomic E-state index is -3.97. The number of hydrogen-bond donors (Lipinski definition) is 2. The molecule has 0 aliphatic heterocycles. The van der Waals surface area contributed by atoms with Gasteiger partial charge in [-0.3, -0.25) is 0 Å². The molecule has 130 valence electrons. The van der Waals surface area contributed by atoms with E-state index < -0.39 is 25.7 Å². The fourth-order valence-corrected chi connectivity index (χ4v) is 4.50. The molecule has 9 heteroatoms. The van der Waals surface area contributed by atoms with Crippen LogP contribution in [0.15, 0.2) is 58.3 Å². The van der Waals surface area contributed by atoms with Crippen molar-refractivity contribution in [2.24, 2.45) is 0 Å². The second-order valence-electron chi connectivity index (χ2n) is 4.88. The number of methoxy groups -OCH3 is 1. The second kappa shape index (κ2) is 7.31. The van der Waals surface area contributed by atoms with Gasteiger partial charge in [0.2, 0.25) is 10.0 Å². The molecule has 0 spiro atoms. The molecule has 24 heavy (non-hydrogen) atoms. The number of ether oxygens (including phenoxy) is 1. The molecule has 0 saturated carbocycles. The third-order valence-electron chi connectivity index (χ3n) is 3.27. The Balaban J connectivity index is 2.14. The minimum Gasteiger partial charge on any atom is -0.497 e. The van der Waals surface area contributed by atoms with Crippen LogP contribution in [0.2, 0.25) is 0 Å². The van der Waals surface area contributed by atoms with E-state index in [1.54, 1.807) is 0 Å². The van der Waals surface area contributed by atoms with Gasteiger partial charge in [0.15, 0.2) is 9.84 Å². The summed E-state index contributed by atoms with van der Waals surface area (Å²) in [5.74, 6) is -0.262. The van der Waals surface area contributed by atoms with Crippen LogP contribution in [0.25, 0.3) is 0 Å². The van der Waals surface area contributed by atoms with Gasteiger partial charge >= 0.3 is 0 Å². The fraction of sp³-hybridized carbons (Fsp3) is 0.200. The average Bonchev–Trinajstić information content (AvgIpc) is 2.60. The van der Waals surface area contributed by atoms with E-state index in [4.69, 9.17) is 9.84 Å². The largest absolute Gasteiger partial charge is 0.497 e. The van der Waals surface area contributed by atoms with Gasteiger partial charge in [-0.1, -0.05) is 12.1 Å². The van der Waals surface area contributed by atoms with E-state index in [9.17, 15) is 16.8 Å². The highest BCUT2D eigenvalue weighted by atomic mass is 32.2. The van der Waals surface area contributed by atoms with Crippen LogP contribution in [0.5, 0.6) is 5.75 Å². The second-order valence-corrected chi connectivity index (χ2v) is 8.64. The van der Waals surface area contributed by atoms with Crippen molar-refractivity contribution in [3.63, 3.8) is 0 Å². The molecule has 2 aromatic rings. The van der Waals surface area contributed by atoms with Crippen molar-refractivity contribution in [2.45, 2.75) is 16.4 Å². The van der Waals surface area contributed by atoms with E-state index in [0.29, 0.717) is 11.3 Å². The first-order chi connectivity index (χ1) is 11.3. The third-order valence-corrected chi connectivity index (χ3v) is 6.39. The maximum absolute atomic E-state index is 12.2. The van der Waals surface area contributed by atoms with Crippen LogP contribution in [0.1, 0.15) is 5.56 Å². The highest BCUT2D eigenvalue weighted by Gasteiger charge is 2.20. The lowest BCUT2D eigenvalue weighted by molar-refractivity contribution is 0.282. The van der Waals surface area contributed by atoms with E-state index in [1.807, 2.05) is 0 Å². The normalized spacial score (nSPS) is 12.1. The molecule has 0 aliphatic carbocycles. The van der Waals surface area contributed by atoms with Gasteiger partial charge in [-0.15, -0.1) is 0 Å². The van der Waals surface area contributed by atoms with Gasteiger partial charge in [-0.2, -0.15) is 4.72 Å². The monoisotopic (exact) mass is 371 g/mol. The topological polar surface area (TPSA) is 110 Å². The minimum absolute atomic E-state index is 0.0124. The number of aliphatic hydroxyl groups is 1. The third kappa shape index (κ3) is 4.32. The van der Waals surface area contributed by atoms with Crippen LogP contribution in [0.3, 0.4) is 0 Å². The zero-order chi connectivity index (χ0) is 17.8. The molecular weight excluding hydrogens is 354 g/mol. The summed E-state index contributed by atoms with van der Waals surface area (Å²) in [5, 5.41) is 8.95. The lowest BCUT2D eigenvalue weighted by Crippen LogP contribution is -2.29. The zero-order valence-electron chi connectivity index (χ0n) is 12.8. The first kappa shape index (κ1) is 18.4. The van der Waals surface area contributed by atoms with Gasteiger partial charge in [-0.05, 0) is 42.0 Å². The highest BCUT2D eigenvalue weighted by molar-refractivity contribution is 7.94. The molecule has 0 atom stereocenters. The highest BCUT2D eigenvalue weighted by Crippen LogP contribution is 2.17. The molecule has 0 radical (unpaired) electrons. The molecule has 2 aromatic carbocycles. The van der Waals surface area contributed by atoms with E-state index in [0.717, 1.165) is 0 Å². The Kier molecular flexibility index (Phi) is 5.60. The van der Waals surface area contributed by atoms with Crippen LogP contribution in [-0.4, -0.2) is 34.9 Å². The lowest BCUT2D eigenvalue weighted by Gasteiger charge is -2.09. The van der Waals surface area contributed by atoms with Gasteiger partial charge in [0.1, 0.15) is 11.6 Å². The number of sulfonamides is 1. The van der Waals surface area contributed by atoms with Gasteiger partial charge < -0.3 is 9.84 Å². The average molecular weight is 371 g/mol. The van der Waals surface area contributed by atoms with Crippen molar-refractivity contribution >= 4 is 19.9 Å². The van der Waals surface area contributed by atoms with Crippen LogP contribution < -0.4 is 9.46 Å². The summed E-state index contributed by atoms with van der Waals surface area (Å²) in [5.41, 5.74) is 0.555. The van der Waals surface area contributed by atoms with Gasteiger partial charge in [0.25, 0.3) is 0 Å². The Morgan fingerprint density at radius 3 is 1.96 bits per heavy atom. The number of benzene rings is 2. The van der Waals surface area contributed by atoms with Crippen molar-refractivity contribution in [1.29, 1.82) is 0 Å². The summed E-state index contributed by atoms with van der Waals surface area (Å²) in [4.78, 5) is -0.0914. The number of rotatable bonds is 7. The first-order valence-electron chi connectivity index (χ1n) is 6.85. The van der Waals surface area contributed by atoms with Crippen molar-refractivity contribution in [3.05, 3.63) is 54.1 Å². The summed E-state index contributed by atoms with van der Waals surface area (Å²) in [6, 6.07) is 11.2. The maximum atomic E-state index is 12.2. The van der Waals surface area contributed by atoms with Crippen molar-refractivity contribution in [3.8, 4) is 5.75 Å². The van der Waals surface area contributed by atoms with Crippen LogP contribution in [-0.2, 0) is 26.5 Å². The Hall–Kier alpha value is -1.94. The predicted molar refractivity (Wildman–Crippen MR) is 87.7 cm³/mol. The quantitative estimate of drug-likeness (QED) is 0.748. The van der Waals surface area contributed by atoms with Crippen LogP contribution in [0.4, 0.5) is 0 Å². The molecule has 0 fully saturated rings. The molecule has 7 nitrogen and oxygen atoms in total. The van der Waals surface area contributed by atoms with E-state index >= 15 is 0 Å². The van der Waals surface area contributed by atoms with E-state index in [-0.39, 0.29) is 16.4 Å². The zero-order valence-corrected chi connectivity index (χ0v) is 14.5. The van der Waals surface area contributed by atoms with Gasteiger partial charge in [-0.25, -0.2) is 16.8 Å². The molecular formula is C15H17NO6S2. The standard InChI is InChI=1S/C15H17NO6S2/c1-22-13-4-8-14(9-5-13)23(18,19)11-16-24(20,21)15-6-2-12(10-17)3-7-15/h2-9,16-17H,10-11H2,1H3. The van der Waals surface area contributed by atoms with Gasteiger partial charge in [0.05, 0.1) is 23.5 Å². The summed E-state index contributed by atoms with van der Waals surface area (Å²) in [6.07, 6.45) is 0. The smallest absolute Gasteiger partial charge is 0.241 e. The van der Waals surface area contributed by atoms with E-state index in [1.165, 1.54) is 55.6 Å². The molecule has 0 heterocycles. The number of nitrogens with one attached hydrogen (secondary N) is 1. The molecule has 2 rings (SSSR count). The number of sulfone groups is 1. The molecule has 0 unspecified atom stereocenters. The fourth-order valence-electron chi connectivity index (χ4n) is 1.88. The number of aliphatic hydroxyl groups excluding tert-OH is 1. The van der Waals surface area contributed by atoms with Crippen molar-refractivity contribution in [1.82, 2.24) is 4.72 Å². The predicted octanol–water partition coefficient (Wildman–Crippen LogP) is 0.897. The number of hydrogen-bond acceptors (Lipinski definition) is 6. The maximum Gasteiger partial charge on any atom is 0.241 e. The molecule has 0 bridgehead atoms. The lowest BCUT2D eigenvalue weighted by atomic mass is 10.2. The first-order valence-corrected chi connectivity index (χ1v) is 9.98. The summed E-state index contributed by atoms with van der Waals surface area (Å²) in [6.45, 7) is -0.209. The molecule has 0 amide bonds. The van der Waals surface area contributed by atoms with Crippen LogP contribution >= 0.6 is 0 Å². The van der Waals surface area contributed by atoms with Crippen LogP contribution in [0, 0.1) is 0 Å². The van der Waals surface area contributed by atoms with Crippen molar-refractivity contribution < 1.29 is 26.7 Å². The summed E-state index contributed by atoms with van der Waals surface area (Å²) >= 11 is 0. The Labute approximate surface area is 140 Å². The summed E-state index contributed by atoms with van der Waals surface area (Å²) < 4.78 is 55.7. The van der Waals surface area contributed by atoms with E-state index in [2.05, 4.69) is 4.72 Å². The molecule has 0 aromatic heterocycles. The Bertz CT molecular complexity index is 810. The molecule has 0 aliphatic rings. The van der Waals surface area contributed by atoms with Crippen molar-refractivity contribution in [2.75, 3.05) is 13.0 Å². The SMILES string of the molecule is COc1ccc(S(=O)(=O)CNS(=O)(=O)c2ccc(CO)cc2)cc1. The molecule has 0 saturated heterocycles.